The number of H-pyrrole nitrogens is 2. The van der Waals surface area contributed by atoms with E-state index < -0.39 is 0 Å². The van der Waals surface area contributed by atoms with Crippen LogP contribution in [0.25, 0.3) is 11.5 Å². The first-order valence-electron chi connectivity index (χ1n) is 6.67. The molecule has 0 unspecified atom stereocenters. The van der Waals surface area contributed by atoms with Gasteiger partial charge in [-0.3, -0.25) is 9.89 Å². The second-order valence-corrected chi connectivity index (χ2v) is 4.84. The first kappa shape index (κ1) is 12.8. The fourth-order valence-corrected chi connectivity index (χ4v) is 2.35. The van der Waals surface area contributed by atoms with E-state index in [1.807, 2.05) is 7.05 Å². The van der Waals surface area contributed by atoms with Crippen LogP contribution in [0, 0.1) is 0 Å². The summed E-state index contributed by atoms with van der Waals surface area (Å²) in [6.07, 6.45) is 2.16. The van der Waals surface area contributed by atoms with Gasteiger partial charge in [-0.2, -0.15) is 10.1 Å². The molecule has 0 aromatic carbocycles. The second kappa shape index (κ2) is 5.41. The van der Waals surface area contributed by atoms with Gasteiger partial charge in [-0.15, -0.1) is 5.10 Å². The van der Waals surface area contributed by atoms with Crippen LogP contribution in [-0.4, -0.2) is 51.6 Å². The van der Waals surface area contributed by atoms with E-state index in [1.165, 1.54) is 6.07 Å². The molecular weight excluding hydrogens is 258 g/mol. The molecule has 0 saturated carbocycles. The second-order valence-electron chi connectivity index (χ2n) is 4.84. The molecule has 0 bridgehead atoms. The Kier molecular flexibility index (Phi) is 3.46. The quantitative estimate of drug-likeness (QED) is 0.713. The van der Waals surface area contributed by atoms with E-state index in [-0.39, 0.29) is 5.56 Å². The molecule has 3 heterocycles. The van der Waals surface area contributed by atoms with Crippen molar-refractivity contribution in [1.82, 2.24) is 30.7 Å². The van der Waals surface area contributed by atoms with Crippen molar-refractivity contribution >= 4 is 5.95 Å². The number of aromatic nitrogens is 5. The first-order chi connectivity index (χ1) is 9.76. The maximum absolute atomic E-state index is 11.0. The molecule has 106 valence electrons. The van der Waals surface area contributed by atoms with Crippen LogP contribution in [0.5, 0.6) is 0 Å². The Balaban J connectivity index is 1.74. The summed E-state index contributed by atoms with van der Waals surface area (Å²) in [5.41, 5.74) is 0.344. The third kappa shape index (κ3) is 2.55. The van der Waals surface area contributed by atoms with E-state index in [0.717, 1.165) is 25.9 Å². The Morgan fingerprint density at radius 1 is 1.25 bits per heavy atom. The molecule has 1 aliphatic rings. The van der Waals surface area contributed by atoms with E-state index in [2.05, 4.69) is 35.6 Å². The SMILES string of the molecule is CNC1CCN(c2n[nH]c(-c3ccc(=O)[nH]n3)n2)CC1. The van der Waals surface area contributed by atoms with Crippen LogP contribution in [0.4, 0.5) is 5.95 Å². The van der Waals surface area contributed by atoms with Crippen LogP contribution in [0.3, 0.4) is 0 Å². The third-order valence-corrected chi connectivity index (χ3v) is 3.58. The standard InChI is InChI=1S/C12H17N7O/c1-13-8-4-6-19(7-5-8)12-14-11(17-18-12)9-2-3-10(20)16-15-9/h2-3,8,13H,4-7H2,1H3,(H,16,20)(H,14,17,18). The fourth-order valence-electron chi connectivity index (χ4n) is 2.35. The average Bonchev–Trinajstić information content (AvgIpc) is 2.98. The van der Waals surface area contributed by atoms with Crippen LogP contribution in [0.15, 0.2) is 16.9 Å². The van der Waals surface area contributed by atoms with Crippen molar-refractivity contribution in [3.63, 3.8) is 0 Å². The summed E-state index contributed by atoms with van der Waals surface area (Å²) in [5, 5.41) is 16.7. The Hall–Kier alpha value is -2.22. The summed E-state index contributed by atoms with van der Waals surface area (Å²) in [7, 11) is 1.99. The molecule has 8 heteroatoms. The summed E-state index contributed by atoms with van der Waals surface area (Å²) in [6.45, 7) is 1.86. The van der Waals surface area contributed by atoms with E-state index in [0.29, 0.717) is 23.5 Å². The van der Waals surface area contributed by atoms with Crippen molar-refractivity contribution in [2.75, 3.05) is 25.0 Å². The van der Waals surface area contributed by atoms with Crippen LogP contribution < -0.4 is 15.8 Å². The van der Waals surface area contributed by atoms with Crippen molar-refractivity contribution in [3.05, 3.63) is 22.5 Å². The van der Waals surface area contributed by atoms with Gasteiger partial charge in [0.15, 0.2) is 5.82 Å². The predicted octanol–water partition coefficient (Wildman–Crippen LogP) is -0.257. The van der Waals surface area contributed by atoms with Gasteiger partial charge in [0.1, 0.15) is 5.69 Å². The van der Waals surface area contributed by atoms with E-state index >= 15 is 0 Å². The van der Waals surface area contributed by atoms with Crippen molar-refractivity contribution in [1.29, 1.82) is 0 Å². The maximum Gasteiger partial charge on any atom is 0.264 e. The first-order valence-corrected chi connectivity index (χ1v) is 6.67. The molecular formula is C12H17N7O. The molecule has 0 radical (unpaired) electrons. The van der Waals surface area contributed by atoms with Crippen molar-refractivity contribution in [3.8, 4) is 11.5 Å². The lowest BCUT2D eigenvalue weighted by Crippen LogP contribution is -2.41. The van der Waals surface area contributed by atoms with Crippen LogP contribution >= 0.6 is 0 Å². The van der Waals surface area contributed by atoms with Crippen molar-refractivity contribution < 1.29 is 0 Å². The number of anilines is 1. The summed E-state index contributed by atoms with van der Waals surface area (Å²) in [6, 6.07) is 3.62. The van der Waals surface area contributed by atoms with E-state index in [1.54, 1.807) is 6.07 Å². The summed E-state index contributed by atoms with van der Waals surface area (Å²) >= 11 is 0. The molecule has 2 aromatic rings. The number of nitrogens with one attached hydrogen (secondary N) is 3. The summed E-state index contributed by atoms with van der Waals surface area (Å²) in [5.74, 6) is 1.24. The van der Waals surface area contributed by atoms with Gasteiger partial charge in [-0.05, 0) is 26.0 Å². The van der Waals surface area contributed by atoms with E-state index in [4.69, 9.17) is 0 Å². The van der Waals surface area contributed by atoms with Gasteiger partial charge in [0.05, 0.1) is 0 Å². The monoisotopic (exact) mass is 275 g/mol. The Labute approximate surface area is 115 Å². The molecule has 0 aliphatic carbocycles. The zero-order valence-corrected chi connectivity index (χ0v) is 11.3. The number of hydrogen-bond acceptors (Lipinski definition) is 6. The molecule has 1 aliphatic heterocycles. The number of rotatable bonds is 3. The number of hydrogen-bond donors (Lipinski definition) is 3. The lowest BCUT2D eigenvalue weighted by atomic mass is 10.1. The highest BCUT2D eigenvalue weighted by molar-refractivity contribution is 5.50. The normalized spacial score (nSPS) is 16.6. The van der Waals surface area contributed by atoms with Crippen LogP contribution in [0.1, 0.15) is 12.8 Å². The molecule has 3 rings (SSSR count). The Morgan fingerprint density at radius 2 is 2.05 bits per heavy atom. The third-order valence-electron chi connectivity index (χ3n) is 3.58. The van der Waals surface area contributed by atoms with Crippen molar-refractivity contribution in [2.45, 2.75) is 18.9 Å². The zero-order valence-electron chi connectivity index (χ0n) is 11.3. The van der Waals surface area contributed by atoms with Gasteiger partial charge < -0.3 is 10.2 Å². The smallest absolute Gasteiger partial charge is 0.264 e. The highest BCUT2D eigenvalue weighted by Gasteiger charge is 2.21. The minimum Gasteiger partial charge on any atom is -0.339 e. The molecule has 3 N–H and O–H groups in total. The van der Waals surface area contributed by atoms with Gasteiger partial charge >= 0.3 is 0 Å². The topological polar surface area (TPSA) is 103 Å². The fraction of sp³-hybridized carbons (Fsp3) is 0.500. The van der Waals surface area contributed by atoms with Crippen LogP contribution in [-0.2, 0) is 0 Å². The lowest BCUT2D eigenvalue weighted by Gasteiger charge is -2.30. The molecule has 0 amide bonds. The molecule has 0 atom stereocenters. The van der Waals surface area contributed by atoms with Gasteiger partial charge in [-0.1, -0.05) is 0 Å². The molecule has 1 fully saturated rings. The Bertz CT molecular complexity index is 606. The molecule has 0 spiro atoms. The largest absolute Gasteiger partial charge is 0.339 e. The van der Waals surface area contributed by atoms with Gasteiger partial charge in [0.2, 0.25) is 5.95 Å². The number of aromatic amines is 2. The molecule has 1 saturated heterocycles. The molecule has 8 nitrogen and oxygen atoms in total. The summed E-state index contributed by atoms with van der Waals surface area (Å²) in [4.78, 5) is 17.6. The summed E-state index contributed by atoms with van der Waals surface area (Å²) < 4.78 is 0. The number of nitrogens with zero attached hydrogens (tertiary/aromatic N) is 4. The zero-order chi connectivity index (χ0) is 13.9. The highest BCUT2D eigenvalue weighted by Crippen LogP contribution is 2.18. The lowest BCUT2D eigenvalue weighted by molar-refractivity contribution is 0.439. The van der Waals surface area contributed by atoms with Crippen LogP contribution in [0.2, 0.25) is 0 Å². The van der Waals surface area contributed by atoms with Gasteiger partial charge in [0, 0.05) is 25.2 Å². The molecule has 2 aromatic heterocycles. The predicted molar refractivity (Wildman–Crippen MR) is 74.5 cm³/mol. The molecule has 20 heavy (non-hydrogen) atoms. The maximum atomic E-state index is 11.0. The highest BCUT2D eigenvalue weighted by atomic mass is 16.1. The Morgan fingerprint density at radius 3 is 2.70 bits per heavy atom. The average molecular weight is 275 g/mol. The van der Waals surface area contributed by atoms with Gasteiger partial charge in [-0.25, -0.2) is 5.10 Å². The van der Waals surface area contributed by atoms with Crippen molar-refractivity contribution in [2.24, 2.45) is 0 Å². The van der Waals surface area contributed by atoms with E-state index in [9.17, 15) is 4.79 Å². The van der Waals surface area contributed by atoms with Gasteiger partial charge in [0.25, 0.3) is 5.56 Å². The minimum atomic E-state index is -0.234. The number of piperidine rings is 1. The minimum absolute atomic E-state index is 0.234.